The molecule has 3 atom stereocenters. The molecule has 24 heavy (non-hydrogen) atoms. The molecule has 1 fully saturated rings. The number of aromatic nitrogens is 3. The van der Waals surface area contributed by atoms with Gasteiger partial charge in [-0.1, -0.05) is 17.3 Å². The van der Waals surface area contributed by atoms with Gasteiger partial charge < -0.3 is 15.4 Å². The Hall–Kier alpha value is -2.41. The minimum Gasteiger partial charge on any atom is -0.381 e. The van der Waals surface area contributed by atoms with E-state index in [2.05, 4.69) is 20.9 Å². The van der Waals surface area contributed by atoms with Gasteiger partial charge in [0.2, 0.25) is 0 Å². The van der Waals surface area contributed by atoms with E-state index in [9.17, 15) is 4.79 Å². The predicted octanol–water partition coefficient (Wildman–Crippen LogP) is 2.05. The lowest BCUT2D eigenvalue weighted by Gasteiger charge is -2.21. The van der Waals surface area contributed by atoms with Crippen LogP contribution in [0.3, 0.4) is 0 Å². The summed E-state index contributed by atoms with van der Waals surface area (Å²) in [5, 5.41) is 13.7. The molecule has 3 rings (SSSR count). The predicted molar refractivity (Wildman–Crippen MR) is 89.8 cm³/mol. The van der Waals surface area contributed by atoms with Crippen molar-refractivity contribution in [2.24, 2.45) is 5.92 Å². The highest BCUT2D eigenvalue weighted by atomic mass is 16.5. The minimum absolute atomic E-state index is 0.0816. The molecule has 0 bridgehead atoms. The maximum atomic E-state index is 12.2. The molecule has 1 aliphatic rings. The first-order valence-electron chi connectivity index (χ1n) is 8.25. The molecule has 1 aromatic heterocycles. The zero-order valence-electron chi connectivity index (χ0n) is 14.0. The lowest BCUT2D eigenvalue weighted by molar-refractivity contribution is 0.177. The molecule has 0 radical (unpaired) electrons. The van der Waals surface area contributed by atoms with Crippen LogP contribution in [0.15, 0.2) is 36.7 Å². The van der Waals surface area contributed by atoms with Gasteiger partial charge in [-0.3, -0.25) is 0 Å². The van der Waals surface area contributed by atoms with Crippen LogP contribution in [-0.4, -0.2) is 40.3 Å². The van der Waals surface area contributed by atoms with E-state index in [1.807, 2.05) is 38.1 Å². The Kier molecular flexibility index (Phi) is 5.10. The Bertz CT molecular complexity index is 650. The molecule has 0 aliphatic carbocycles. The maximum Gasteiger partial charge on any atom is 0.315 e. The van der Waals surface area contributed by atoms with Crippen LogP contribution in [-0.2, 0) is 4.74 Å². The summed E-state index contributed by atoms with van der Waals surface area (Å²) in [4.78, 5) is 12.2. The van der Waals surface area contributed by atoms with Crippen molar-refractivity contribution in [3.63, 3.8) is 0 Å². The summed E-state index contributed by atoms with van der Waals surface area (Å²) in [6, 6.07) is 7.75. The lowest BCUT2D eigenvalue weighted by Crippen LogP contribution is -2.44. The minimum atomic E-state index is -0.151. The first-order valence-corrected chi connectivity index (χ1v) is 8.25. The summed E-state index contributed by atoms with van der Waals surface area (Å²) in [6.07, 6.45) is 4.43. The number of nitrogens with one attached hydrogen (secondary N) is 2. The monoisotopic (exact) mass is 329 g/mol. The smallest absolute Gasteiger partial charge is 0.315 e. The molecule has 0 saturated carbocycles. The quantitative estimate of drug-likeness (QED) is 0.880. The topological polar surface area (TPSA) is 81.1 Å². The van der Waals surface area contributed by atoms with Crippen molar-refractivity contribution in [1.29, 1.82) is 0 Å². The number of amides is 2. The van der Waals surface area contributed by atoms with Crippen LogP contribution < -0.4 is 10.6 Å². The Labute approximate surface area is 141 Å². The molecule has 128 valence electrons. The zero-order valence-corrected chi connectivity index (χ0v) is 14.0. The van der Waals surface area contributed by atoms with Crippen molar-refractivity contribution in [3.05, 3.63) is 42.2 Å². The second-order valence-electron chi connectivity index (χ2n) is 6.19. The number of carbonyl (C=O) groups excluding carboxylic acids is 1. The van der Waals surface area contributed by atoms with Crippen molar-refractivity contribution in [2.75, 3.05) is 13.2 Å². The second-order valence-corrected chi connectivity index (χ2v) is 6.19. The maximum absolute atomic E-state index is 12.2. The number of nitrogens with zero attached hydrogens (tertiary/aromatic N) is 3. The van der Waals surface area contributed by atoms with Crippen LogP contribution in [0.2, 0.25) is 0 Å². The first-order chi connectivity index (χ1) is 11.6. The van der Waals surface area contributed by atoms with Gasteiger partial charge >= 0.3 is 6.03 Å². The number of ether oxygens (including phenoxy) is 1. The Morgan fingerprint density at radius 3 is 2.71 bits per heavy atom. The third-order valence-electron chi connectivity index (χ3n) is 4.46. The van der Waals surface area contributed by atoms with Gasteiger partial charge in [0.05, 0.1) is 30.7 Å². The number of benzene rings is 1. The molecule has 2 heterocycles. The van der Waals surface area contributed by atoms with Crippen molar-refractivity contribution in [2.45, 2.75) is 32.4 Å². The number of rotatable bonds is 5. The third-order valence-corrected chi connectivity index (χ3v) is 4.46. The average molecular weight is 329 g/mol. The summed E-state index contributed by atoms with van der Waals surface area (Å²) in [5.74, 6) is 0.396. The van der Waals surface area contributed by atoms with Gasteiger partial charge in [-0.25, -0.2) is 9.48 Å². The van der Waals surface area contributed by atoms with Gasteiger partial charge in [0.1, 0.15) is 0 Å². The molecule has 7 heteroatoms. The molecular weight excluding hydrogens is 306 g/mol. The summed E-state index contributed by atoms with van der Waals surface area (Å²) < 4.78 is 7.06. The molecule has 1 aromatic carbocycles. The Morgan fingerprint density at radius 2 is 2.08 bits per heavy atom. The van der Waals surface area contributed by atoms with Gasteiger partial charge in [0.25, 0.3) is 0 Å². The molecule has 2 N–H and O–H groups in total. The molecule has 1 saturated heterocycles. The molecular formula is C17H23N5O2. The van der Waals surface area contributed by atoms with E-state index in [1.165, 1.54) is 0 Å². The normalized spacial score (nSPS) is 19.7. The fraction of sp³-hybridized carbons (Fsp3) is 0.471. The molecule has 2 aromatic rings. The van der Waals surface area contributed by atoms with Gasteiger partial charge in [-0.2, -0.15) is 0 Å². The molecule has 0 unspecified atom stereocenters. The van der Waals surface area contributed by atoms with Gasteiger partial charge in [0.15, 0.2) is 0 Å². The van der Waals surface area contributed by atoms with E-state index in [1.54, 1.807) is 17.1 Å². The van der Waals surface area contributed by atoms with Crippen molar-refractivity contribution in [1.82, 2.24) is 25.6 Å². The molecule has 7 nitrogen and oxygen atoms in total. The van der Waals surface area contributed by atoms with Crippen LogP contribution in [0, 0.1) is 5.92 Å². The van der Waals surface area contributed by atoms with Crippen molar-refractivity contribution < 1.29 is 9.53 Å². The van der Waals surface area contributed by atoms with E-state index < -0.39 is 0 Å². The number of carbonyl (C=O) groups is 1. The summed E-state index contributed by atoms with van der Waals surface area (Å²) >= 11 is 0. The van der Waals surface area contributed by atoms with Crippen LogP contribution in [0.4, 0.5) is 4.79 Å². The third kappa shape index (κ3) is 3.91. The SMILES string of the molecule is C[C@H](NC(=O)N[C@H](C)[C@H]1CCOC1)c1ccc(-n2ccnn2)cc1. The van der Waals surface area contributed by atoms with Crippen molar-refractivity contribution in [3.8, 4) is 5.69 Å². The molecule has 2 amide bonds. The summed E-state index contributed by atoms with van der Waals surface area (Å²) in [5.41, 5.74) is 1.97. The van der Waals surface area contributed by atoms with Crippen LogP contribution >= 0.6 is 0 Å². The Morgan fingerprint density at radius 1 is 1.29 bits per heavy atom. The summed E-state index contributed by atoms with van der Waals surface area (Å²) in [7, 11) is 0. The largest absolute Gasteiger partial charge is 0.381 e. The average Bonchev–Trinajstić information content (AvgIpc) is 3.28. The van der Waals surface area contributed by atoms with E-state index in [0.29, 0.717) is 5.92 Å². The zero-order chi connectivity index (χ0) is 16.9. The Balaban J connectivity index is 1.54. The van der Waals surface area contributed by atoms with Crippen LogP contribution in [0.1, 0.15) is 31.9 Å². The highest BCUT2D eigenvalue weighted by Gasteiger charge is 2.23. The molecule has 0 spiro atoms. The van der Waals surface area contributed by atoms with Gasteiger partial charge in [-0.05, 0) is 38.0 Å². The first kappa shape index (κ1) is 16.4. The fourth-order valence-corrected chi connectivity index (χ4v) is 2.86. The van der Waals surface area contributed by atoms with E-state index in [0.717, 1.165) is 30.9 Å². The van der Waals surface area contributed by atoms with E-state index >= 15 is 0 Å². The van der Waals surface area contributed by atoms with E-state index in [4.69, 9.17) is 4.74 Å². The second kappa shape index (κ2) is 7.44. The number of urea groups is 1. The van der Waals surface area contributed by atoms with Gasteiger partial charge in [0, 0.05) is 18.6 Å². The highest BCUT2D eigenvalue weighted by Crippen LogP contribution is 2.17. The summed E-state index contributed by atoms with van der Waals surface area (Å²) in [6.45, 7) is 5.50. The highest BCUT2D eigenvalue weighted by molar-refractivity contribution is 5.74. The fourth-order valence-electron chi connectivity index (χ4n) is 2.86. The number of hydrogen-bond acceptors (Lipinski definition) is 4. The number of hydrogen-bond donors (Lipinski definition) is 2. The van der Waals surface area contributed by atoms with E-state index in [-0.39, 0.29) is 18.1 Å². The standard InChI is InChI=1S/C17H23N5O2/c1-12(19-17(23)20-13(2)15-7-10-24-11-15)14-3-5-16(6-4-14)22-9-8-18-21-22/h3-6,8-9,12-13,15H,7,10-11H2,1-2H3,(H2,19,20,23)/t12-,13+,15-/m0/s1. The van der Waals surface area contributed by atoms with Gasteiger partial charge in [-0.15, -0.1) is 5.10 Å². The van der Waals surface area contributed by atoms with Crippen molar-refractivity contribution >= 4 is 6.03 Å². The lowest BCUT2D eigenvalue weighted by atomic mass is 10.0. The molecule has 1 aliphatic heterocycles. The van der Waals surface area contributed by atoms with Crippen LogP contribution in [0.5, 0.6) is 0 Å². The van der Waals surface area contributed by atoms with Crippen LogP contribution in [0.25, 0.3) is 5.69 Å².